The van der Waals surface area contributed by atoms with Gasteiger partial charge in [-0.15, -0.1) is 0 Å². The summed E-state index contributed by atoms with van der Waals surface area (Å²) in [7, 11) is -0.157. The van der Waals surface area contributed by atoms with Crippen LogP contribution in [-0.2, 0) is 32.8 Å². The van der Waals surface area contributed by atoms with Crippen LogP contribution in [0, 0.1) is 12.7 Å². The Hall–Kier alpha value is -3.76. The molecule has 0 bridgehead atoms. The van der Waals surface area contributed by atoms with Gasteiger partial charge in [0.15, 0.2) is 0 Å². The fourth-order valence-corrected chi connectivity index (χ4v) is 5.11. The minimum absolute atomic E-state index is 0.0591. The SMILES string of the molecule is CNC(=O)C(Cc1ccccc1)N(Cc1ccccc1C)C(=O)CN(c1ccccc1F)S(=O)(=O)N(C)C. The first-order valence-electron chi connectivity index (χ1n) is 12.1. The molecular formula is C28H33FN4O4S. The van der Waals surface area contributed by atoms with Gasteiger partial charge in [-0.2, -0.15) is 12.7 Å². The molecular weight excluding hydrogens is 507 g/mol. The summed E-state index contributed by atoms with van der Waals surface area (Å²) >= 11 is 0. The number of rotatable bonds is 11. The second kappa shape index (κ2) is 12.7. The van der Waals surface area contributed by atoms with Crippen LogP contribution in [0.25, 0.3) is 0 Å². The van der Waals surface area contributed by atoms with Crippen LogP contribution in [0.3, 0.4) is 0 Å². The van der Waals surface area contributed by atoms with Crippen molar-refractivity contribution < 1.29 is 22.4 Å². The van der Waals surface area contributed by atoms with Crippen LogP contribution < -0.4 is 9.62 Å². The van der Waals surface area contributed by atoms with E-state index in [1.807, 2.05) is 61.5 Å². The summed E-state index contributed by atoms with van der Waals surface area (Å²) in [5.41, 5.74) is 2.28. The van der Waals surface area contributed by atoms with Crippen LogP contribution in [0.15, 0.2) is 78.9 Å². The van der Waals surface area contributed by atoms with E-state index in [1.165, 1.54) is 44.2 Å². The fraction of sp³-hybridized carbons (Fsp3) is 0.286. The number of carbonyl (C=O) groups excluding carboxylic acids is 2. The first-order chi connectivity index (χ1) is 18.1. The van der Waals surface area contributed by atoms with Crippen molar-refractivity contribution in [2.24, 2.45) is 0 Å². The third-order valence-electron chi connectivity index (χ3n) is 6.26. The van der Waals surface area contributed by atoms with E-state index in [1.54, 1.807) is 0 Å². The molecule has 0 aliphatic heterocycles. The van der Waals surface area contributed by atoms with Gasteiger partial charge in [0.05, 0.1) is 5.69 Å². The Morgan fingerprint density at radius 2 is 1.53 bits per heavy atom. The number of aryl methyl sites for hydroxylation is 1. The van der Waals surface area contributed by atoms with E-state index in [0.29, 0.717) is 0 Å². The van der Waals surface area contributed by atoms with Crippen molar-refractivity contribution in [1.82, 2.24) is 14.5 Å². The summed E-state index contributed by atoms with van der Waals surface area (Å²) < 4.78 is 42.9. The van der Waals surface area contributed by atoms with Gasteiger partial charge in [-0.1, -0.05) is 66.7 Å². The standard InChI is InChI=1S/C28H33FN4O4S/c1-21-12-8-9-15-23(21)19-32(26(28(35)30-2)18-22-13-6-5-7-14-22)27(34)20-33(38(36,37)31(3)4)25-17-11-10-16-24(25)29/h5-17,26H,18-20H2,1-4H3,(H,30,35). The number of halogens is 1. The van der Waals surface area contributed by atoms with Crippen molar-refractivity contribution in [3.8, 4) is 0 Å². The van der Waals surface area contributed by atoms with Crippen LogP contribution in [0.1, 0.15) is 16.7 Å². The third kappa shape index (κ3) is 6.76. The summed E-state index contributed by atoms with van der Waals surface area (Å²) in [6, 6.07) is 21.1. The van der Waals surface area contributed by atoms with E-state index in [9.17, 15) is 22.4 Å². The van der Waals surface area contributed by atoms with Crippen LogP contribution in [0.2, 0.25) is 0 Å². The lowest BCUT2D eigenvalue weighted by atomic mass is 10.0. The number of anilines is 1. The number of hydrogen-bond acceptors (Lipinski definition) is 4. The fourth-order valence-electron chi connectivity index (χ4n) is 4.05. The number of para-hydroxylation sites is 1. The molecule has 2 amide bonds. The van der Waals surface area contributed by atoms with Gasteiger partial charge in [-0.25, -0.2) is 8.70 Å². The molecule has 3 aromatic carbocycles. The first kappa shape index (κ1) is 28.8. The molecule has 0 radical (unpaired) electrons. The van der Waals surface area contributed by atoms with Gasteiger partial charge in [0.2, 0.25) is 11.8 Å². The van der Waals surface area contributed by atoms with Crippen molar-refractivity contribution in [2.75, 3.05) is 32.0 Å². The molecule has 8 nitrogen and oxygen atoms in total. The number of amides is 2. The van der Waals surface area contributed by atoms with Gasteiger partial charge < -0.3 is 10.2 Å². The van der Waals surface area contributed by atoms with Crippen LogP contribution in [-0.4, -0.2) is 63.2 Å². The van der Waals surface area contributed by atoms with E-state index >= 15 is 0 Å². The topological polar surface area (TPSA) is 90.0 Å². The summed E-state index contributed by atoms with van der Waals surface area (Å²) in [4.78, 5) is 28.5. The van der Waals surface area contributed by atoms with Crippen molar-refractivity contribution >= 4 is 27.7 Å². The smallest absolute Gasteiger partial charge is 0.304 e. The second-order valence-corrected chi connectivity index (χ2v) is 11.1. The highest BCUT2D eigenvalue weighted by Crippen LogP contribution is 2.24. The third-order valence-corrected chi connectivity index (χ3v) is 8.07. The van der Waals surface area contributed by atoms with Crippen LogP contribution in [0.4, 0.5) is 10.1 Å². The molecule has 1 unspecified atom stereocenters. The maximum absolute atomic E-state index is 14.8. The average Bonchev–Trinajstić information content (AvgIpc) is 2.90. The van der Waals surface area contributed by atoms with E-state index in [-0.39, 0.29) is 18.7 Å². The number of nitrogens with one attached hydrogen (secondary N) is 1. The highest BCUT2D eigenvalue weighted by molar-refractivity contribution is 7.90. The molecule has 1 N–H and O–H groups in total. The maximum Gasteiger partial charge on any atom is 0.304 e. The van der Waals surface area contributed by atoms with Crippen molar-refractivity contribution in [3.05, 3.63) is 101 Å². The molecule has 38 heavy (non-hydrogen) atoms. The van der Waals surface area contributed by atoms with E-state index in [0.717, 1.165) is 31.4 Å². The molecule has 0 heterocycles. The lowest BCUT2D eigenvalue weighted by Gasteiger charge is -2.34. The molecule has 10 heteroatoms. The van der Waals surface area contributed by atoms with E-state index < -0.39 is 40.4 Å². The van der Waals surface area contributed by atoms with Gasteiger partial charge in [-0.05, 0) is 35.7 Å². The van der Waals surface area contributed by atoms with E-state index in [4.69, 9.17) is 0 Å². The Bertz CT molecular complexity index is 1370. The molecule has 1 atom stereocenters. The van der Waals surface area contributed by atoms with E-state index in [2.05, 4.69) is 5.32 Å². The molecule has 3 rings (SSSR count). The Morgan fingerprint density at radius 3 is 2.13 bits per heavy atom. The molecule has 0 aliphatic carbocycles. The normalized spacial score (nSPS) is 12.2. The lowest BCUT2D eigenvalue weighted by molar-refractivity contribution is -0.139. The Labute approximate surface area is 223 Å². The summed E-state index contributed by atoms with van der Waals surface area (Å²) in [6.07, 6.45) is 0.207. The average molecular weight is 541 g/mol. The number of hydrogen-bond donors (Lipinski definition) is 1. The number of benzene rings is 3. The zero-order valence-corrected chi connectivity index (χ0v) is 22.8. The molecule has 0 aliphatic rings. The zero-order valence-electron chi connectivity index (χ0n) is 22.0. The van der Waals surface area contributed by atoms with Gasteiger partial charge in [0.1, 0.15) is 18.4 Å². The Balaban J connectivity index is 2.09. The van der Waals surface area contributed by atoms with Crippen LogP contribution >= 0.6 is 0 Å². The van der Waals surface area contributed by atoms with Crippen molar-refractivity contribution in [1.29, 1.82) is 0 Å². The summed E-state index contributed by atoms with van der Waals surface area (Å²) in [6.45, 7) is 1.26. The lowest BCUT2D eigenvalue weighted by Crippen LogP contribution is -2.54. The van der Waals surface area contributed by atoms with Gasteiger partial charge in [0.25, 0.3) is 0 Å². The molecule has 3 aromatic rings. The van der Waals surface area contributed by atoms with Gasteiger partial charge in [-0.3, -0.25) is 9.59 Å². The first-order valence-corrected chi connectivity index (χ1v) is 13.5. The second-order valence-electron chi connectivity index (χ2n) is 9.02. The molecule has 202 valence electrons. The van der Waals surface area contributed by atoms with Crippen molar-refractivity contribution in [3.63, 3.8) is 0 Å². The Kier molecular flexibility index (Phi) is 9.60. The maximum atomic E-state index is 14.8. The largest absolute Gasteiger partial charge is 0.357 e. The zero-order chi connectivity index (χ0) is 27.9. The molecule has 0 spiro atoms. The minimum Gasteiger partial charge on any atom is -0.357 e. The highest BCUT2D eigenvalue weighted by atomic mass is 32.2. The molecule has 0 fully saturated rings. The highest BCUT2D eigenvalue weighted by Gasteiger charge is 2.35. The van der Waals surface area contributed by atoms with Crippen LogP contribution in [0.5, 0.6) is 0 Å². The minimum atomic E-state index is -4.26. The number of likely N-dealkylation sites (N-methyl/N-ethyl adjacent to an activating group) is 1. The predicted octanol–water partition coefficient (Wildman–Crippen LogP) is 3.13. The number of carbonyl (C=O) groups is 2. The Morgan fingerprint density at radius 1 is 0.921 bits per heavy atom. The molecule has 0 saturated heterocycles. The molecule has 0 saturated carbocycles. The molecule has 0 aromatic heterocycles. The van der Waals surface area contributed by atoms with Gasteiger partial charge in [0, 0.05) is 34.1 Å². The predicted molar refractivity (Wildman–Crippen MR) is 146 cm³/mol. The number of nitrogens with zero attached hydrogens (tertiary/aromatic N) is 3. The summed E-state index contributed by atoms with van der Waals surface area (Å²) in [5, 5.41) is 2.63. The van der Waals surface area contributed by atoms with Gasteiger partial charge >= 0.3 is 10.2 Å². The monoisotopic (exact) mass is 540 g/mol. The quantitative estimate of drug-likeness (QED) is 0.405. The summed E-state index contributed by atoms with van der Waals surface area (Å²) in [5.74, 6) is -1.83. The van der Waals surface area contributed by atoms with Crippen molar-refractivity contribution in [2.45, 2.75) is 25.9 Å².